The van der Waals surface area contributed by atoms with E-state index in [1.807, 2.05) is 0 Å². The molecule has 2 N–H and O–H groups in total. The zero-order valence-electron chi connectivity index (χ0n) is 13.3. The fourth-order valence-corrected chi connectivity index (χ4v) is 1.70. The maximum Gasteiger partial charge on any atom is 0.411 e. The van der Waals surface area contributed by atoms with Crippen LogP contribution in [-0.4, -0.2) is 25.3 Å². The van der Waals surface area contributed by atoms with Crippen molar-refractivity contribution >= 4 is 23.4 Å². The molecule has 0 aliphatic carbocycles. The summed E-state index contributed by atoms with van der Waals surface area (Å²) in [4.78, 5) is 23.0. The number of hydrogen-bond donors (Lipinski definition) is 2. The largest absolute Gasteiger partial charge is 0.462 e. The average Bonchev–Trinajstić information content (AvgIpc) is 2.51. The second-order valence-corrected chi connectivity index (χ2v) is 4.36. The first-order valence-electron chi connectivity index (χ1n) is 7.10. The van der Waals surface area contributed by atoms with Gasteiger partial charge in [0, 0.05) is 17.6 Å². The van der Waals surface area contributed by atoms with Crippen LogP contribution in [0.4, 0.5) is 16.2 Å². The molecule has 0 heterocycles. The minimum atomic E-state index is -0.694. The average molecular weight is 317 g/mol. The van der Waals surface area contributed by atoms with E-state index in [1.54, 1.807) is 45.0 Å². The van der Waals surface area contributed by atoms with Crippen molar-refractivity contribution in [2.24, 2.45) is 0 Å². The molecule has 0 unspecified atom stereocenters. The number of benzene rings is 1. The molecule has 23 heavy (non-hydrogen) atoms. The molecule has 0 spiro atoms. The molecule has 122 valence electrons. The number of hydrogen-bond acceptors (Lipinski definition) is 6. The topological polar surface area (TPSA) is 100 Å². The third-order valence-corrected chi connectivity index (χ3v) is 2.83. The molecule has 0 radical (unpaired) electrons. The Morgan fingerprint density at radius 2 is 1.87 bits per heavy atom. The number of anilines is 2. The van der Waals surface area contributed by atoms with E-state index in [0.717, 1.165) is 5.56 Å². The molecule has 0 aromatic heterocycles. The monoisotopic (exact) mass is 317 g/mol. The summed E-state index contributed by atoms with van der Waals surface area (Å²) in [5.41, 5.74) is 1.79. The van der Waals surface area contributed by atoms with E-state index in [1.165, 1.54) is 6.20 Å². The van der Waals surface area contributed by atoms with Gasteiger partial charge in [-0.1, -0.05) is 6.07 Å². The first-order chi connectivity index (χ1) is 11.0. The lowest BCUT2D eigenvalue weighted by molar-refractivity contribution is -0.138. The zero-order valence-corrected chi connectivity index (χ0v) is 13.3. The van der Waals surface area contributed by atoms with Crippen molar-refractivity contribution in [1.82, 2.24) is 0 Å². The fourth-order valence-electron chi connectivity index (χ4n) is 1.70. The predicted octanol–water partition coefficient (Wildman–Crippen LogP) is 2.95. The number of amides is 1. The van der Waals surface area contributed by atoms with Crippen LogP contribution in [0.5, 0.6) is 0 Å². The van der Waals surface area contributed by atoms with Crippen LogP contribution >= 0.6 is 0 Å². The van der Waals surface area contributed by atoms with Crippen LogP contribution in [0.25, 0.3) is 0 Å². The molecule has 0 aliphatic heterocycles. The van der Waals surface area contributed by atoms with Gasteiger partial charge >= 0.3 is 12.1 Å². The summed E-state index contributed by atoms with van der Waals surface area (Å²) in [6, 6.07) is 6.97. The van der Waals surface area contributed by atoms with E-state index < -0.39 is 12.1 Å². The minimum absolute atomic E-state index is 0.144. The van der Waals surface area contributed by atoms with Crippen LogP contribution < -0.4 is 10.6 Å². The molecule has 0 bridgehead atoms. The van der Waals surface area contributed by atoms with Crippen molar-refractivity contribution in [3.8, 4) is 6.07 Å². The summed E-state index contributed by atoms with van der Waals surface area (Å²) in [6.45, 7) is 5.63. The summed E-state index contributed by atoms with van der Waals surface area (Å²) < 4.78 is 9.60. The summed E-state index contributed by atoms with van der Waals surface area (Å²) >= 11 is 0. The van der Waals surface area contributed by atoms with Gasteiger partial charge in [-0.25, -0.2) is 9.59 Å². The molecule has 0 saturated carbocycles. The molecule has 0 atom stereocenters. The highest BCUT2D eigenvalue weighted by Gasteiger charge is 2.11. The van der Waals surface area contributed by atoms with Crippen LogP contribution in [0.2, 0.25) is 0 Å². The Morgan fingerprint density at radius 1 is 1.22 bits per heavy atom. The molecule has 1 aromatic carbocycles. The summed E-state index contributed by atoms with van der Waals surface area (Å²) in [7, 11) is 0. The highest BCUT2D eigenvalue weighted by Crippen LogP contribution is 2.23. The van der Waals surface area contributed by atoms with Gasteiger partial charge in [-0.15, -0.1) is 0 Å². The van der Waals surface area contributed by atoms with Crippen molar-refractivity contribution in [3.05, 3.63) is 35.5 Å². The van der Waals surface area contributed by atoms with Crippen molar-refractivity contribution in [3.63, 3.8) is 0 Å². The summed E-state index contributed by atoms with van der Waals surface area (Å²) in [5.74, 6) is -0.694. The third kappa shape index (κ3) is 5.36. The van der Waals surface area contributed by atoms with Gasteiger partial charge in [-0.05, 0) is 38.5 Å². The molecule has 0 aliphatic rings. The highest BCUT2D eigenvalue weighted by atomic mass is 16.5. The number of carbonyl (C=O) groups is 2. The summed E-state index contributed by atoms with van der Waals surface area (Å²) in [5, 5.41) is 14.5. The van der Waals surface area contributed by atoms with Gasteiger partial charge in [0.15, 0.2) is 5.57 Å². The number of ether oxygens (including phenoxy) is 2. The number of esters is 1. The van der Waals surface area contributed by atoms with E-state index in [4.69, 9.17) is 14.7 Å². The smallest absolute Gasteiger partial charge is 0.411 e. The standard InChI is InChI=1S/C16H19N3O4/c1-4-22-15(20)12(9-17)10-18-13-7-6-8-14(11(13)3)19-16(21)23-5-2/h6-8,10,18H,4-5H2,1-3H3,(H,19,21). The number of carbonyl (C=O) groups excluding carboxylic acids is 2. The molecule has 7 nitrogen and oxygen atoms in total. The van der Waals surface area contributed by atoms with E-state index >= 15 is 0 Å². The Bertz CT molecular complexity index is 647. The van der Waals surface area contributed by atoms with Crippen LogP contribution in [-0.2, 0) is 14.3 Å². The van der Waals surface area contributed by atoms with E-state index in [9.17, 15) is 9.59 Å². The Morgan fingerprint density at radius 3 is 2.48 bits per heavy atom. The van der Waals surface area contributed by atoms with Gasteiger partial charge in [-0.2, -0.15) is 5.26 Å². The van der Waals surface area contributed by atoms with Crippen LogP contribution in [0, 0.1) is 18.3 Å². The minimum Gasteiger partial charge on any atom is -0.462 e. The first-order valence-corrected chi connectivity index (χ1v) is 7.10. The molecular weight excluding hydrogens is 298 g/mol. The number of nitrogens with zero attached hydrogens (tertiary/aromatic N) is 1. The number of rotatable bonds is 6. The van der Waals surface area contributed by atoms with Gasteiger partial charge in [-0.3, -0.25) is 5.32 Å². The maximum atomic E-state index is 11.5. The molecule has 1 amide bonds. The molecular formula is C16H19N3O4. The third-order valence-electron chi connectivity index (χ3n) is 2.83. The van der Waals surface area contributed by atoms with E-state index in [2.05, 4.69) is 10.6 Å². The fraction of sp³-hybridized carbons (Fsp3) is 0.312. The molecule has 1 rings (SSSR count). The number of nitrogens with one attached hydrogen (secondary N) is 2. The highest BCUT2D eigenvalue weighted by molar-refractivity contribution is 5.93. The van der Waals surface area contributed by atoms with E-state index in [-0.39, 0.29) is 18.8 Å². The van der Waals surface area contributed by atoms with Crippen LogP contribution in [0.15, 0.2) is 30.0 Å². The van der Waals surface area contributed by atoms with Gasteiger partial charge in [0.1, 0.15) is 6.07 Å². The van der Waals surface area contributed by atoms with Gasteiger partial charge in [0.2, 0.25) is 0 Å². The Labute approximate surface area is 134 Å². The zero-order chi connectivity index (χ0) is 17.2. The second-order valence-electron chi connectivity index (χ2n) is 4.36. The van der Waals surface area contributed by atoms with Gasteiger partial charge in [0.05, 0.1) is 13.2 Å². The van der Waals surface area contributed by atoms with Crippen LogP contribution in [0.1, 0.15) is 19.4 Å². The SMILES string of the molecule is CCOC(=O)Nc1cccc(NC=C(C#N)C(=O)OCC)c1C. The Kier molecular flexibility index (Phi) is 7.14. The lowest BCUT2D eigenvalue weighted by Gasteiger charge is -2.12. The predicted molar refractivity (Wildman–Crippen MR) is 85.8 cm³/mol. The van der Waals surface area contributed by atoms with Crippen molar-refractivity contribution in [2.45, 2.75) is 20.8 Å². The number of nitriles is 1. The maximum absolute atomic E-state index is 11.5. The lowest BCUT2D eigenvalue weighted by Crippen LogP contribution is -2.14. The van der Waals surface area contributed by atoms with Crippen molar-refractivity contribution < 1.29 is 19.1 Å². The second kappa shape index (κ2) is 9.10. The summed E-state index contributed by atoms with van der Waals surface area (Å²) in [6.07, 6.45) is 0.724. The van der Waals surface area contributed by atoms with Crippen molar-refractivity contribution in [1.29, 1.82) is 5.26 Å². The quantitative estimate of drug-likeness (QED) is 0.475. The molecule has 0 fully saturated rings. The molecule has 0 saturated heterocycles. The van der Waals surface area contributed by atoms with Crippen LogP contribution in [0.3, 0.4) is 0 Å². The Hall–Kier alpha value is -3.01. The Balaban J connectivity index is 2.91. The molecule has 7 heteroatoms. The van der Waals surface area contributed by atoms with E-state index in [0.29, 0.717) is 11.4 Å². The first kappa shape index (κ1) is 18.0. The van der Waals surface area contributed by atoms with Gasteiger partial charge in [0.25, 0.3) is 0 Å². The molecule has 1 aromatic rings. The lowest BCUT2D eigenvalue weighted by atomic mass is 10.1. The normalized spacial score (nSPS) is 10.4. The van der Waals surface area contributed by atoms with Crippen molar-refractivity contribution in [2.75, 3.05) is 23.8 Å². The van der Waals surface area contributed by atoms with Gasteiger partial charge < -0.3 is 14.8 Å².